The van der Waals surface area contributed by atoms with Gasteiger partial charge in [0.25, 0.3) is 0 Å². The van der Waals surface area contributed by atoms with Crippen molar-refractivity contribution in [3.05, 3.63) is 24.3 Å². The maximum atomic E-state index is 11.1. The van der Waals surface area contributed by atoms with Gasteiger partial charge in [-0.05, 0) is 24.3 Å². The molecule has 0 radical (unpaired) electrons. The molecule has 0 aromatic heterocycles. The van der Waals surface area contributed by atoms with E-state index in [0.29, 0.717) is 17.9 Å². The van der Waals surface area contributed by atoms with Crippen LogP contribution in [-0.2, 0) is 9.84 Å². The van der Waals surface area contributed by atoms with E-state index in [1.807, 2.05) is 6.07 Å². The first-order valence-electron chi connectivity index (χ1n) is 4.45. The third kappa shape index (κ3) is 3.60. The Morgan fingerprint density at radius 1 is 1.33 bits per heavy atom. The zero-order valence-electron chi connectivity index (χ0n) is 8.40. The molecule has 1 rings (SSSR count). The van der Waals surface area contributed by atoms with Crippen LogP contribution in [0.25, 0.3) is 0 Å². The van der Waals surface area contributed by atoms with Gasteiger partial charge in [0.1, 0.15) is 0 Å². The Morgan fingerprint density at radius 2 is 1.93 bits per heavy atom. The minimum atomic E-state index is -3.12. The minimum absolute atomic E-state index is 0.299. The van der Waals surface area contributed by atoms with E-state index in [-0.39, 0.29) is 0 Å². The van der Waals surface area contributed by atoms with Crippen molar-refractivity contribution in [3.63, 3.8) is 0 Å². The molecule has 0 aliphatic carbocycles. The lowest BCUT2D eigenvalue weighted by molar-refractivity contribution is 0.602. The van der Waals surface area contributed by atoms with E-state index >= 15 is 0 Å². The van der Waals surface area contributed by atoms with Crippen LogP contribution in [0, 0.1) is 11.3 Å². The molecule has 0 aliphatic rings. The lowest BCUT2D eigenvalue weighted by Gasteiger charge is -2.04. The van der Waals surface area contributed by atoms with Crippen molar-refractivity contribution in [3.8, 4) is 6.07 Å². The number of hydrogen-bond acceptors (Lipinski definition) is 4. The Balaban J connectivity index is 2.70. The van der Waals surface area contributed by atoms with Crippen molar-refractivity contribution in [1.29, 1.82) is 5.26 Å². The smallest absolute Gasteiger partial charge is 0.175 e. The molecule has 0 heterocycles. The first-order chi connectivity index (χ1) is 7.04. The summed E-state index contributed by atoms with van der Waals surface area (Å²) < 4.78 is 22.3. The van der Waals surface area contributed by atoms with Gasteiger partial charge in [-0.2, -0.15) is 5.26 Å². The van der Waals surface area contributed by atoms with Gasteiger partial charge < -0.3 is 5.32 Å². The molecule has 1 aromatic carbocycles. The number of nitrogens with zero attached hydrogens (tertiary/aromatic N) is 1. The highest BCUT2D eigenvalue weighted by Gasteiger charge is 2.05. The highest BCUT2D eigenvalue weighted by Crippen LogP contribution is 2.13. The molecule has 0 bridgehead atoms. The largest absolute Gasteiger partial charge is 0.384 e. The van der Waals surface area contributed by atoms with Crippen molar-refractivity contribution in [1.82, 2.24) is 0 Å². The van der Waals surface area contributed by atoms with E-state index in [1.54, 1.807) is 24.3 Å². The summed E-state index contributed by atoms with van der Waals surface area (Å²) in [6.07, 6.45) is 1.60. The Morgan fingerprint density at radius 3 is 2.40 bits per heavy atom. The summed E-state index contributed by atoms with van der Waals surface area (Å²) in [7, 11) is -3.12. The second kappa shape index (κ2) is 4.80. The van der Waals surface area contributed by atoms with Crippen molar-refractivity contribution in [2.75, 3.05) is 18.1 Å². The van der Waals surface area contributed by atoms with E-state index in [1.165, 1.54) is 6.26 Å². The lowest BCUT2D eigenvalue weighted by Crippen LogP contribution is -2.01. The van der Waals surface area contributed by atoms with Crippen LogP contribution < -0.4 is 5.32 Å². The highest BCUT2D eigenvalue weighted by atomic mass is 32.2. The molecule has 0 amide bonds. The third-order valence-electron chi connectivity index (χ3n) is 1.85. The molecule has 1 aromatic rings. The number of benzene rings is 1. The summed E-state index contributed by atoms with van der Waals surface area (Å²) in [5.41, 5.74) is 0.817. The van der Waals surface area contributed by atoms with Crippen LogP contribution in [0.5, 0.6) is 0 Å². The molecule has 0 unspecified atom stereocenters. The normalized spacial score (nSPS) is 10.7. The van der Waals surface area contributed by atoms with Crippen LogP contribution in [0.2, 0.25) is 0 Å². The molecule has 0 atom stereocenters. The molecule has 5 heteroatoms. The van der Waals surface area contributed by atoms with Crippen LogP contribution in [0.4, 0.5) is 5.69 Å². The zero-order valence-corrected chi connectivity index (χ0v) is 9.21. The zero-order chi connectivity index (χ0) is 11.3. The number of sulfone groups is 1. The maximum Gasteiger partial charge on any atom is 0.175 e. The molecule has 0 fully saturated rings. The predicted octanol–water partition coefficient (Wildman–Crippen LogP) is 1.42. The second-order valence-electron chi connectivity index (χ2n) is 3.13. The van der Waals surface area contributed by atoms with Crippen molar-refractivity contribution in [2.45, 2.75) is 11.3 Å². The van der Waals surface area contributed by atoms with E-state index < -0.39 is 9.84 Å². The topological polar surface area (TPSA) is 70.0 Å². The van der Waals surface area contributed by atoms with Gasteiger partial charge in [-0.15, -0.1) is 0 Å². The van der Waals surface area contributed by atoms with Gasteiger partial charge in [0.2, 0.25) is 0 Å². The summed E-state index contributed by atoms with van der Waals surface area (Å²) in [4.78, 5) is 0.299. The van der Waals surface area contributed by atoms with Crippen molar-refractivity contribution in [2.24, 2.45) is 0 Å². The summed E-state index contributed by atoms with van der Waals surface area (Å²) in [5, 5.41) is 11.3. The Kier molecular flexibility index (Phi) is 3.69. The molecule has 1 N–H and O–H groups in total. The molecule has 4 nitrogen and oxygen atoms in total. The second-order valence-corrected chi connectivity index (χ2v) is 5.15. The third-order valence-corrected chi connectivity index (χ3v) is 2.98. The molecule has 15 heavy (non-hydrogen) atoms. The van der Waals surface area contributed by atoms with Gasteiger partial charge in [0.15, 0.2) is 9.84 Å². The van der Waals surface area contributed by atoms with Gasteiger partial charge in [0, 0.05) is 18.5 Å². The van der Waals surface area contributed by atoms with Gasteiger partial charge in [-0.3, -0.25) is 0 Å². The van der Waals surface area contributed by atoms with Crippen LogP contribution in [0.15, 0.2) is 29.2 Å². The molecular weight excluding hydrogens is 212 g/mol. The van der Waals surface area contributed by atoms with Crippen LogP contribution >= 0.6 is 0 Å². The van der Waals surface area contributed by atoms with E-state index in [0.717, 1.165) is 5.69 Å². The number of rotatable bonds is 4. The quantitative estimate of drug-likeness (QED) is 0.785. The van der Waals surface area contributed by atoms with Crippen molar-refractivity contribution >= 4 is 15.5 Å². The fraction of sp³-hybridized carbons (Fsp3) is 0.300. The minimum Gasteiger partial charge on any atom is -0.384 e. The van der Waals surface area contributed by atoms with Crippen molar-refractivity contribution < 1.29 is 8.42 Å². The number of nitrogens with one attached hydrogen (secondary N) is 1. The molecule has 0 aliphatic heterocycles. The molecule has 0 spiro atoms. The first-order valence-corrected chi connectivity index (χ1v) is 6.34. The monoisotopic (exact) mass is 224 g/mol. The van der Waals surface area contributed by atoms with E-state index in [9.17, 15) is 8.42 Å². The molecule has 80 valence electrons. The summed E-state index contributed by atoms with van der Waals surface area (Å²) in [6.45, 7) is 0.564. The fourth-order valence-electron chi connectivity index (χ4n) is 1.08. The Labute approximate surface area is 89.5 Å². The summed E-state index contributed by atoms with van der Waals surface area (Å²) in [6, 6.07) is 8.48. The standard InChI is InChI=1S/C10H12N2O2S/c1-15(13,14)10-5-3-9(4-6-10)12-8-2-7-11/h3-6,12H,2,8H2,1H3. The predicted molar refractivity (Wildman–Crippen MR) is 58.3 cm³/mol. The van der Waals surface area contributed by atoms with E-state index in [2.05, 4.69) is 5.32 Å². The van der Waals surface area contributed by atoms with Gasteiger partial charge in [0.05, 0.1) is 17.4 Å². The average molecular weight is 224 g/mol. The average Bonchev–Trinajstić information content (AvgIpc) is 2.18. The summed E-state index contributed by atoms with van der Waals surface area (Å²) in [5.74, 6) is 0. The highest BCUT2D eigenvalue weighted by molar-refractivity contribution is 7.90. The molecule has 0 saturated carbocycles. The summed E-state index contributed by atoms with van der Waals surface area (Å²) >= 11 is 0. The van der Waals surface area contributed by atoms with Gasteiger partial charge in [-0.25, -0.2) is 8.42 Å². The van der Waals surface area contributed by atoms with Crippen LogP contribution in [0.3, 0.4) is 0 Å². The van der Waals surface area contributed by atoms with Crippen LogP contribution in [0.1, 0.15) is 6.42 Å². The van der Waals surface area contributed by atoms with E-state index in [4.69, 9.17) is 5.26 Å². The number of nitriles is 1. The Bertz CT molecular complexity index is 457. The Hall–Kier alpha value is -1.54. The first kappa shape index (κ1) is 11.5. The molecule has 0 saturated heterocycles. The van der Waals surface area contributed by atoms with Gasteiger partial charge >= 0.3 is 0 Å². The maximum absolute atomic E-state index is 11.1. The number of hydrogen-bond donors (Lipinski definition) is 1. The lowest BCUT2D eigenvalue weighted by atomic mass is 10.3. The molecular formula is C10H12N2O2S. The van der Waals surface area contributed by atoms with Crippen LogP contribution in [-0.4, -0.2) is 21.2 Å². The number of anilines is 1. The SMILES string of the molecule is CS(=O)(=O)c1ccc(NCCC#N)cc1. The fourth-order valence-corrected chi connectivity index (χ4v) is 1.71. The van der Waals surface area contributed by atoms with Gasteiger partial charge in [-0.1, -0.05) is 0 Å².